The van der Waals surface area contributed by atoms with Crippen LogP contribution in [0.5, 0.6) is 0 Å². The number of rotatable bonds is 4. The van der Waals surface area contributed by atoms with Crippen molar-refractivity contribution in [2.24, 2.45) is 5.41 Å². The molecule has 1 heterocycles. The zero-order valence-electron chi connectivity index (χ0n) is 11.4. The van der Waals surface area contributed by atoms with Gasteiger partial charge in [-0.25, -0.2) is 4.39 Å². The summed E-state index contributed by atoms with van der Waals surface area (Å²) in [5.74, 6) is -0.986. The highest BCUT2D eigenvalue weighted by atomic mass is 19.1. The molecular weight excluding hydrogens is 245 g/mol. The van der Waals surface area contributed by atoms with Crippen molar-refractivity contribution >= 4 is 5.97 Å². The fourth-order valence-corrected chi connectivity index (χ4v) is 2.86. The van der Waals surface area contributed by atoms with E-state index in [1.165, 1.54) is 6.07 Å². The molecule has 3 nitrogen and oxygen atoms in total. The van der Waals surface area contributed by atoms with Gasteiger partial charge < -0.3 is 5.11 Å². The minimum Gasteiger partial charge on any atom is -0.481 e. The molecule has 1 aromatic carbocycles. The quantitative estimate of drug-likeness (QED) is 0.909. The fourth-order valence-electron chi connectivity index (χ4n) is 2.86. The zero-order valence-corrected chi connectivity index (χ0v) is 11.4. The number of carbonyl (C=O) groups is 1. The molecule has 1 aliphatic rings. The molecule has 2 atom stereocenters. The van der Waals surface area contributed by atoms with E-state index in [1.54, 1.807) is 19.1 Å². The molecule has 19 heavy (non-hydrogen) atoms. The standard InChI is InChI=1S/C15H20FNO2/c1-3-13(11-5-4-6-12(16)9-11)17-8-7-15(2,10-17)14(18)19/h4-6,9,13H,3,7-8,10H2,1-2H3,(H,18,19). The summed E-state index contributed by atoms with van der Waals surface area (Å²) in [6, 6.07) is 6.69. The number of hydrogen-bond donors (Lipinski definition) is 1. The first-order valence-electron chi connectivity index (χ1n) is 6.69. The summed E-state index contributed by atoms with van der Waals surface area (Å²) in [7, 11) is 0. The summed E-state index contributed by atoms with van der Waals surface area (Å²) in [6.07, 6.45) is 1.49. The van der Waals surface area contributed by atoms with Crippen LogP contribution in [0.1, 0.15) is 38.3 Å². The SMILES string of the molecule is CCC(c1cccc(F)c1)N1CCC(C)(C(=O)O)C1. The van der Waals surface area contributed by atoms with Crippen LogP contribution in [0.3, 0.4) is 0 Å². The first-order chi connectivity index (χ1) is 8.96. The number of benzene rings is 1. The molecule has 1 N–H and O–H groups in total. The van der Waals surface area contributed by atoms with Gasteiger partial charge >= 0.3 is 5.97 Å². The van der Waals surface area contributed by atoms with Gasteiger partial charge in [-0.2, -0.15) is 0 Å². The molecular formula is C15H20FNO2. The normalized spacial score (nSPS) is 25.4. The predicted molar refractivity (Wildman–Crippen MR) is 71.4 cm³/mol. The van der Waals surface area contributed by atoms with Gasteiger partial charge in [0.1, 0.15) is 5.82 Å². The monoisotopic (exact) mass is 265 g/mol. The van der Waals surface area contributed by atoms with Crippen LogP contribution in [0.25, 0.3) is 0 Å². The van der Waals surface area contributed by atoms with Crippen LogP contribution in [0.2, 0.25) is 0 Å². The van der Waals surface area contributed by atoms with Crippen molar-refractivity contribution < 1.29 is 14.3 Å². The first kappa shape index (κ1) is 14.0. The second kappa shape index (κ2) is 5.29. The Morgan fingerprint density at radius 1 is 1.58 bits per heavy atom. The Morgan fingerprint density at radius 2 is 2.32 bits per heavy atom. The molecule has 1 saturated heterocycles. The molecule has 104 valence electrons. The highest BCUT2D eigenvalue weighted by Gasteiger charge is 2.42. The number of halogens is 1. The van der Waals surface area contributed by atoms with E-state index in [2.05, 4.69) is 4.90 Å². The van der Waals surface area contributed by atoms with Gasteiger partial charge in [0.05, 0.1) is 5.41 Å². The van der Waals surface area contributed by atoms with Crippen LogP contribution in [0.4, 0.5) is 4.39 Å². The highest BCUT2D eigenvalue weighted by molar-refractivity contribution is 5.74. The maximum atomic E-state index is 13.3. The summed E-state index contributed by atoms with van der Waals surface area (Å²) in [6.45, 7) is 5.11. The molecule has 1 aromatic rings. The van der Waals surface area contributed by atoms with E-state index in [4.69, 9.17) is 0 Å². The van der Waals surface area contributed by atoms with E-state index in [-0.39, 0.29) is 11.9 Å². The van der Waals surface area contributed by atoms with Gasteiger partial charge in [-0.05, 0) is 44.0 Å². The molecule has 1 aliphatic heterocycles. The van der Waals surface area contributed by atoms with Crippen molar-refractivity contribution in [1.29, 1.82) is 0 Å². The molecule has 0 spiro atoms. The van der Waals surface area contributed by atoms with Crippen molar-refractivity contribution in [3.05, 3.63) is 35.6 Å². The van der Waals surface area contributed by atoms with Gasteiger partial charge in [-0.3, -0.25) is 9.69 Å². The molecule has 2 rings (SSSR count). The van der Waals surface area contributed by atoms with Crippen LogP contribution in [-0.4, -0.2) is 29.1 Å². The minimum atomic E-state index is -0.746. The molecule has 0 bridgehead atoms. The van der Waals surface area contributed by atoms with Gasteiger partial charge in [-0.1, -0.05) is 19.1 Å². The second-order valence-corrected chi connectivity index (χ2v) is 5.57. The third-order valence-electron chi connectivity index (χ3n) is 4.08. The van der Waals surface area contributed by atoms with Crippen molar-refractivity contribution in [1.82, 2.24) is 4.90 Å². The van der Waals surface area contributed by atoms with E-state index >= 15 is 0 Å². The molecule has 0 aromatic heterocycles. The van der Waals surface area contributed by atoms with Crippen molar-refractivity contribution in [2.45, 2.75) is 32.7 Å². The minimum absolute atomic E-state index is 0.0943. The van der Waals surface area contributed by atoms with Crippen LogP contribution in [0, 0.1) is 11.2 Å². The zero-order chi connectivity index (χ0) is 14.0. The Hall–Kier alpha value is -1.42. The number of hydrogen-bond acceptors (Lipinski definition) is 2. The summed E-state index contributed by atoms with van der Waals surface area (Å²) in [5, 5.41) is 9.27. The van der Waals surface area contributed by atoms with Gasteiger partial charge in [0, 0.05) is 12.6 Å². The number of nitrogens with zero attached hydrogens (tertiary/aromatic N) is 1. The fraction of sp³-hybridized carbons (Fsp3) is 0.533. The first-order valence-corrected chi connectivity index (χ1v) is 6.69. The van der Waals surface area contributed by atoms with Crippen LogP contribution in [-0.2, 0) is 4.79 Å². The molecule has 1 fully saturated rings. The molecule has 0 saturated carbocycles. The van der Waals surface area contributed by atoms with Crippen molar-refractivity contribution in [2.75, 3.05) is 13.1 Å². The largest absolute Gasteiger partial charge is 0.481 e. The smallest absolute Gasteiger partial charge is 0.310 e. The Balaban J connectivity index is 2.18. The Morgan fingerprint density at radius 3 is 2.84 bits per heavy atom. The van der Waals surface area contributed by atoms with E-state index in [1.807, 2.05) is 13.0 Å². The number of carboxylic acid groups (broad SMARTS) is 1. The van der Waals surface area contributed by atoms with Crippen LogP contribution in [0.15, 0.2) is 24.3 Å². The van der Waals surface area contributed by atoms with Gasteiger partial charge in [0.2, 0.25) is 0 Å². The average Bonchev–Trinajstić information content (AvgIpc) is 2.74. The second-order valence-electron chi connectivity index (χ2n) is 5.57. The number of aliphatic carboxylic acids is 1. The Bertz CT molecular complexity index is 477. The van der Waals surface area contributed by atoms with E-state index in [9.17, 15) is 14.3 Å². The lowest BCUT2D eigenvalue weighted by molar-refractivity contribution is -0.147. The van der Waals surface area contributed by atoms with E-state index in [0.717, 1.165) is 18.5 Å². The number of likely N-dealkylation sites (tertiary alicyclic amines) is 1. The summed E-state index contributed by atoms with van der Waals surface area (Å²) < 4.78 is 13.3. The summed E-state index contributed by atoms with van der Waals surface area (Å²) in [4.78, 5) is 13.4. The Labute approximate surface area is 113 Å². The maximum absolute atomic E-state index is 13.3. The topological polar surface area (TPSA) is 40.5 Å². The predicted octanol–water partition coefficient (Wildman–Crippen LogP) is 3.07. The van der Waals surface area contributed by atoms with Gasteiger partial charge in [-0.15, -0.1) is 0 Å². The summed E-state index contributed by atoms with van der Waals surface area (Å²) >= 11 is 0. The molecule has 2 unspecified atom stereocenters. The number of carboxylic acids is 1. The van der Waals surface area contributed by atoms with E-state index < -0.39 is 11.4 Å². The van der Waals surface area contributed by atoms with Crippen molar-refractivity contribution in [3.63, 3.8) is 0 Å². The highest BCUT2D eigenvalue weighted by Crippen LogP contribution is 2.36. The third-order valence-corrected chi connectivity index (χ3v) is 4.08. The lowest BCUT2D eigenvalue weighted by Gasteiger charge is -2.28. The molecule has 4 heteroatoms. The van der Waals surface area contributed by atoms with Gasteiger partial charge in [0.15, 0.2) is 0 Å². The average molecular weight is 265 g/mol. The maximum Gasteiger partial charge on any atom is 0.310 e. The van der Waals surface area contributed by atoms with Crippen LogP contribution >= 0.6 is 0 Å². The Kier molecular flexibility index (Phi) is 3.90. The third kappa shape index (κ3) is 2.78. The summed E-state index contributed by atoms with van der Waals surface area (Å²) in [5.41, 5.74) is 0.248. The molecule has 0 amide bonds. The molecule has 0 aliphatic carbocycles. The van der Waals surface area contributed by atoms with Crippen LogP contribution < -0.4 is 0 Å². The lowest BCUT2D eigenvalue weighted by Crippen LogP contribution is -2.33. The van der Waals surface area contributed by atoms with Crippen molar-refractivity contribution in [3.8, 4) is 0 Å². The van der Waals surface area contributed by atoms with E-state index in [0.29, 0.717) is 13.0 Å². The molecule has 0 radical (unpaired) electrons. The lowest BCUT2D eigenvalue weighted by atomic mass is 9.90. The van der Waals surface area contributed by atoms with Gasteiger partial charge in [0.25, 0.3) is 0 Å².